The van der Waals surface area contributed by atoms with Gasteiger partial charge in [0.15, 0.2) is 0 Å². The first-order valence-electron chi connectivity index (χ1n) is 6.88. The van der Waals surface area contributed by atoms with Crippen molar-refractivity contribution in [3.8, 4) is 11.1 Å². The van der Waals surface area contributed by atoms with E-state index in [1.165, 1.54) is 24.4 Å². The molecular formula is C15H14ClFN4O3S. The Morgan fingerprint density at radius 1 is 1.20 bits per heavy atom. The third-order valence-electron chi connectivity index (χ3n) is 3.46. The maximum absolute atomic E-state index is 14.2. The second-order valence-corrected chi connectivity index (χ2v) is 6.49. The number of rotatable bonds is 4. The van der Waals surface area contributed by atoms with Crippen LogP contribution in [-0.4, -0.2) is 18.4 Å². The van der Waals surface area contributed by atoms with E-state index in [9.17, 15) is 17.6 Å². The Labute approximate surface area is 148 Å². The summed E-state index contributed by atoms with van der Waals surface area (Å²) in [5.41, 5.74) is 1.56. The van der Waals surface area contributed by atoms with Gasteiger partial charge in [0.2, 0.25) is 5.56 Å². The number of nitrogens with zero attached hydrogens (tertiary/aromatic N) is 1. The third kappa shape index (κ3) is 4.40. The molecule has 0 saturated carbocycles. The van der Waals surface area contributed by atoms with Crippen LogP contribution in [0.2, 0.25) is 0 Å². The summed E-state index contributed by atoms with van der Waals surface area (Å²) in [6.45, 7) is -0.241. The molecule has 0 unspecified atom stereocenters. The number of aromatic amines is 1. The molecule has 25 heavy (non-hydrogen) atoms. The highest BCUT2D eigenvalue weighted by Gasteiger charge is 2.10. The van der Waals surface area contributed by atoms with E-state index >= 15 is 0 Å². The molecule has 0 spiro atoms. The van der Waals surface area contributed by atoms with Crippen molar-refractivity contribution in [1.29, 1.82) is 0 Å². The van der Waals surface area contributed by atoms with Crippen molar-refractivity contribution >= 4 is 33.6 Å². The molecule has 4 N–H and O–H groups in total. The summed E-state index contributed by atoms with van der Waals surface area (Å²) in [5, 5.41) is 5.50. The van der Waals surface area contributed by atoms with E-state index in [4.69, 9.17) is 5.14 Å². The van der Waals surface area contributed by atoms with Crippen LogP contribution in [0.3, 0.4) is 0 Å². The van der Waals surface area contributed by atoms with Gasteiger partial charge in [-0.3, -0.25) is 4.79 Å². The monoisotopic (exact) mass is 384 g/mol. The molecule has 3 aromatic rings. The average molecular weight is 385 g/mol. The lowest BCUT2D eigenvalue weighted by Gasteiger charge is -2.09. The predicted octanol–water partition coefficient (Wildman–Crippen LogP) is 1.44. The van der Waals surface area contributed by atoms with Crippen LogP contribution in [0.4, 0.5) is 4.39 Å². The van der Waals surface area contributed by atoms with Gasteiger partial charge in [0, 0.05) is 29.8 Å². The number of hydrogen-bond donors (Lipinski definition) is 3. The molecule has 0 bridgehead atoms. The Hall–Kier alpha value is -2.33. The summed E-state index contributed by atoms with van der Waals surface area (Å²) in [5.74, 6) is -0.571. The molecule has 0 saturated heterocycles. The Morgan fingerprint density at radius 3 is 2.64 bits per heavy atom. The SMILES string of the molecule is Cl.NS(=O)(=O)NCc1ccc(-c2ccnc3[nH]c(=O)ccc23)cc1F. The first-order chi connectivity index (χ1) is 11.3. The van der Waals surface area contributed by atoms with Crippen LogP contribution in [0.5, 0.6) is 0 Å². The normalized spacial score (nSPS) is 11.3. The lowest BCUT2D eigenvalue weighted by Crippen LogP contribution is -2.30. The van der Waals surface area contributed by atoms with Crippen LogP contribution < -0.4 is 15.4 Å². The van der Waals surface area contributed by atoms with Gasteiger partial charge >= 0.3 is 0 Å². The molecule has 0 aliphatic heterocycles. The fraction of sp³-hybridized carbons (Fsp3) is 0.0667. The number of benzene rings is 1. The fourth-order valence-corrected chi connectivity index (χ4v) is 2.70. The predicted molar refractivity (Wildman–Crippen MR) is 95.0 cm³/mol. The van der Waals surface area contributed by atoms with Crippen molar-refractivity contribution < 1.29 is 12.8 Å². The highest BCUT2D eigenvalue weighted by molar-refractivity contribution is 7.87. The Morgan fingerprint density at radius 2 is 1.96 bits per heavy atom. The number of H-pyrrole nitrogens is 1. The van der Waals surface area contributed by atoms with E-state index in [1.54, 1.807) is 18.2 Å². The molecule has 1 aromatic carbocycles. The van der Waals surface area contributed by atoms with Gasteiger partial charge in [-0.15, -0.1) is 12.4 Å². The van der Waals surface area contributed by atoms with E-state index in [0.717, 1.165) is 0 Å². The van der Waals surface area contributed by atoms with Crippen molar-refractivity contribution in [2.75, 3.05) is 0 Å². The molecule has 10 heteroatoms. The van der Waals surface area contributed by atoms with Crippen molar-refractivity contribution in [2.45, 2.75) is 6.54 Å². The average Bonchev–Trinajstić information content (AvgIpc) is 2.52. The van der Waals surface area contributed by atoms with Crippen molar-refractivity contribution in [2.24, 2.45) is 5.14 Å². The molecule has 2 aromatic heterocycles. The van der Waals surface area contributed by atoms with Crippen LogP contribution in [0, 0.1) is 5.82 Å². The van der Waals surface area contributed by atoms with Crippen LogP contribution in [0.15, 0.2) is 47.4 Å². The second-order valence-electron chi connectivity index (χ2n) is 5.12. The minimum absolute atomic E-state index is 0. The summed E-state index contributed by atoms with van der Waals surface area (Å²) in [6, 6.07) is 9.11. The maximum Gasteiger partial charge on any atom is 0.274 e. The Kier molecular flexibility index (Phi) is 5.53. The molecular weight excluding hydrogens is 371 g/mol. The van der Waals surface area contributed by atoms with Crippen molar-refractivity contribution in [1.82, 2.24) is 14.7 Å². The third-order valence-corrected chi connectivity index (χ3v) is 4.01. The zero-order valence-corrected chi connectivity index (χ0v) is 14.3. The zero-order chi connectivity index (χ0) is 17.3. The van der Waals surface area contributed by atoms with Gasteiger partial charge in [-0.2, -0.15) is 13.1 Å². The quantitative estimate of drug-likeness (QED) is 0.630. The molecule has 0 aliphatic carbocycles. The first kappa shape index (κ1) is 19.0. The van der Waals surface area contributed by atoms with E-state index in [1.807, 2.05) is 4.72 Å². The molecule has 0 fully saturated rings. The number of fused-ring (bicyclic) bond motifs is 1. The smallest absolute Gasteiger partial charge is 0.274 e. The summed E-state index contributed by atoms with van der Waals surface area (Å²) >= 11 is 0. The van der Waals surface area contributed by atoms with Gasteiger partial charge in [-0.25, -0.2) is 14.5 Å². The van der Waals surface area contributed by atoms with E-state index in [2.05, 4.69) is 9.97 Å². The van der Waals surface area contributed by atoms with Gasteiger partial charge in [0.25, 0.3) is 10.2 Å². The summed E-state index contributed by atoms with van der Waals surface area (Å²) in [6.07, 6.45) is 1.52. The van der Waals surface area contributed by atoms with E-state index in [-0.39, 0.29) is 30.1 Å². The minimum atomic E-state index is -3.89. The van der Waals surface area contributed by atoms with Crippen LogP contribution >= 0.6 is 12.4 Å². The van der Waals surface area contributed by atoms with Crippen molar-refractivity contribution in [3.63, 3.8) is 0 Å². The number of nitrogens with one attached hydrogen (secondary N) is 2. The highest BCUT2D eigenvalue weighted by atomic mass is 35.5. The standard InChI is InChI=1S/C15H13FN4O3S.ClH/c16-13-7-9(1-2-10(13)8-19-24(17,22)23)11-5-6-18-15-12(11)3-4-14(21)20-15;/h1-7,19H,8H2,(H2,17,22,23)(H,18,20,21);1H. The number of halogens is 2. The molecule has 132 valence electrons. The van der Waals surface area contributed by atoms with Gasteiger partial charge in [-0.05, 0) is 29.3 Å². The molecule has 0 aliphatic rings. The molecule has 3 rings (SSSR count). The van der Waals surface area contributed by atoms with Crippen LogP contribution in [0.1, 0.15) is 5.56 Å². The Balaban J connectivity index is 0.00000225. The summed E-state index contributed by atoms with van der Waals surface area (Å²) in [4.78, 5) is 18.1. The largest absolute Gasteiger partial charge is 0.307 e. The van der Waals surface area contributed by atoms with Crippen molar-refractivity contribution in [3.05, 3.63) is 64.3 Å². The minimum Gasteiger partial charge on any atom is -0.307 e. The number of nitrogens with two attached hydrogens (primary N) is 1. The Bertz CT molecular complexity index is 1090. The fourth-order valence-electron chi connectivity index (χ4n) is 2.35. The van der Waals surface area contributed by atoms with Crippen LogP contribution in [-0.2, 0) is 16.8 Å². The summed E-state index contributed by atoms with van der Waals surface area (Å²) < 4.78 is 38.0. The zero-order valence-electron chi connectivity index (χ0n) is 12.7. The molecule has 0 radical (unpaired) electrons. The van der Waals surface area contributed by atoms with Gasteiger partial charge in [0.05, 0.1) is 0 Å². The maximum atomic E-state index is 14.2. The molecule has 2 heterocycles. The molecule has 0 amide bonds. The van der Waals surface area contributed by atoms with E-state index < -0.39 is 16.0 Å². The lowest BCUT2D eigenvalue weighted by atomic mass is 10.0. The lowest BCUT2D eigenvalue weighted by molar-refractivity contribution is 0.576. The summed E-state index contributed by atoms with van der Waals surface area (Å²) in [7, 11) is -3.89. The van der Waals surface area contributed by atoms with Crippen LogP contribution in [0.25, 0.3) is 22.2 Å². The van der Waals surface area contributed by atoms with Gasteiger partial charge < -0.3 is 4.98 Å². The van der Waals surface area contributed by atoms with Gasteiger partial charge in [-0.1, -0.05) is 12.1 Å². The highest BCUT2D eigenvalue weighted by Crippen LogP contribution is 2.27. The molecule has 7 nitrogen and oxygen atoms in total. The number of aromatic nitrogens is 2. The topological polar surface area (TPSA) is 118 Å². The van der Waals surface area contributed by atoms with Gasteiger partial charge in [0.1, 0.15) is 11.5 Å². The molecule has 0 atom stereocenters. The first-order valence-corrected chi connectivity index (χ1v) is 8.42. The van der Waals surface area contributed by atoms with E-state index in [0.29, 0.717) is 22.2 Å². The second kappa shape index (κ2) is 7.28. The number of pyridine rings is 2. The number of hydrogen-bond acceptors (Lipinski definition) is 4.